The van der Waals surface area contributed by atoms with E-state index in [4.69, 9.17) is 18.0 Å². The number of benzene rings is 1. The van der Waals surface area contributed by atoms with E-state index in [1.807, 2.05) is 29.2 Å². The van der Waals surface area contributed by atoms with Crippen LogP contribution in [-0.2, 0) is 6.42 Å². The lowest BCUT2D eigenvalue weighted by atomic mass is 10.0. The Balaban J connectivity index is 1.92. The normalized spacial score (nSPS) is 18.6. The van der Waals surface area contributed by atoms with Crippen LogP contribution >= 0.6 is 12.2 Å². The predicted octanol–water partition coefficient (Wildman–Crippen LogP) is 2.78. The second kappa shape index (κ2) is 6.70. The molecule has 1 atom stereocenters. The highest BCUT2D eigenvalue weighted by molar-refractivity contribution is 7.80. The van der Waals surface area contributed by atoms with Crippen LogP contribution in [0, 0.1) is 5.92 Å². The van der Waals surface area contributed by atoms with Gasteiger partial charge in [0.15, 0.2) is 0 Å². The molecule has 1 aliphatic rings. The summed E-state index contributed by atoms with van der Waals surface area (Å²) in [6, 6.07) is 7.64. The van der Waals surface area contributed by atoms with E-state index < -0.39 is 0 Å². The predicted molar refractivity (Wildman–Crippen MR) is 85.9 cm³/mol. The highest BCUT2D eigenvalue weighted by Crippen LogP contribution is 2.17. The van der Waals surface area contributed by atoms with Crippen molar-refractivity contribution >= 4 is 28.9 Å². The fraction of sp³-hybridized carbons (Fsp3) is 0.467. The van der Waals surface area contributed by atoms with Gasteiger partial charge in [0.05, 0.1) is 4.99 Å². The lowest BCUT2D eigenvalue weighted by Crippen LogP contribution is -2.41. The smallest absolute Gasteiger partial charge is 0.321 e. The molecular weight excluding hydrogens is 270 g/mol. The van der Waals surface area contributed by atoms with Crippen molar-refractivity contribution in [2.45, 2.75) is 26.2 Å². The molecule has 2 amide bonds. The number of piperidine rings is 1. The zero-order valence-electron chi connectivity index (χ0n) is 11.8. The summed E-state index contributed by atoms with van der Waals surface area (Å²) >= 11 is 4.88. The Bertz CT molecular complexity index is 486. The minimum absolute atomic E-state index is 0.0151. The van der Waals surface area contributed by atoms with Gasteiger partial charge in [-0.3, -0.25) is 0 Å². The molecule has 5 heteroatoms. The van der Waals surface area contributed by atoms with Gasteiger partial charge in [-0.2, -0.15) is 0 Å². The van der Waals surface area contributed by atoms with Gasteiger partial charge < -0.3 is 16.0 Å². The van der Waals surface area contributed by atoms with E-state index >= 15 is 0 Å². The molecule has 0 bridgehead atoms. The number of nitrogens with zero attached hydrogens (tertiary/aromatic N) is 1. The number of hydrogen-bond acceptors (Lipinski definition) is 2. The molecule has 4 nitrogen and oxygen atoms in total. The molecule has 1 heterocycles. The number of anilines is 1. The van der Waals surface area contributed by atoms with Crippen LogP contribution in [0.4, 0.5) is 10.5 Å². The van der Waals surface area contributed by atoms with E-state index in [0.29, 0.717) is 17.3 Å². The summed E-state index contributed by atoms with van der Waals surface area (Å²) in [6.45, 7) is 3.87. The summed E-state index contributed by atoms with van der Waals surface area (Å²) in [6.07, 6.45) is 2.88. The third-order valence-corrected chi connectivity index (χ3v) is 3.67. The van der Waals surface area contributed by atoms with E-state index in [1.165, 1.54) is 6.42 Å². The lowest BCUT2D eigenvalue weighted by Gasteiger charge is -2.30. The van der Waals surface area contributed by atoms with Gasteiger partial charge in [0.2, 0.25) is 0 Å². The van der Waals surface area contributed by atoms with Gasteiger partial charge in [-0.15, -0.1) is 0 Å². The average Bonchev–Trinajstić information content (AvgIpc) is 2.40. The van der Waals surface area contributed by atoms with Crippen LogP contribution in [-0.4, -0.2) is 29.0 Å². The van der Waals surface area contributed by atoms with Crippen LogP contribution in [0.1, 0.15) is 25.3 Å². The fourth-order valence-electron chi connectivity index (χ4n) is 2.48. The van der Waals surface area contributed by atoms with Gasteiger partial charge in [-0.05, 0) is 36.5 Å². The number of nitrogens with two attached hydrogens (primary N) is 1. The van der Waals surface area contributed by atoms with Gasteiger partial charge in [0, 0.05) is 25.2 Å². The topological polar surface area (TPSA) is 58.4 Å². The number of urea groups is 1. The molecule has 1 unspecified atom stereocenters. The van der Waals surface area contributed by atoms with Crippen LogP contribution < -0.4 is 11.1 Å². The van der Waals surface area contributed by atoms with Crippen LogP contribution in [0.2, 0.25) is 0 Å². The summed E-state index contributed by atoms with van der Waals surface area (Å²) in [5, 5.41) is 2.94. The molecule has 1 fully saturated rings. The number of rotatable bonds is 3. The van der Waals surface area contributed by atoms with E-state index in [9.17, 15) is 4.79 Å². The van der Waals surface area contributed by atoms with Crippen LogP contribution in [0.3, 0.4) is 0 Å². The van der Waals surface area contributed by atoms with Gasteiger partial charge >= 0.3 is 6.03 Å². The molecule has 0 radical (unpaired) electrons. The molecule has 0 aromatic heterocycles. The number of nitrogens with one attached hydrogen (secondary N) is 1. The highest BCUT2D eigenvalue weighted by Gasteiger charge is 2.20. The van der Waals surface area contributed by atoms with Crippen molar-refractivity contribution in [3.05, 3.63) is 29.8 Å². The number of amides is 2. The first-order chi connectivity index (χ1) is 9.54. The van der Waals surface area contributed by atoms with E-state index in [-0.39, 0.29) is 6.03 Å². The van der Waals surface area contributed by atoms with Crippen molar-refractivity contribution in [3.63, 3.8) is 0 Å². The zero-order chi connectivity index (χ0) is 14.5. The minimum atomic E-state index is -0.0151. The van der Waals surface area contributed by atoms with Crippen molar-refractivity contribution in [3.8, 4) is 0 Å². The Morgan fingerprint density at radius 1 is 1.45 bits per heavy atom. The Kier molecular flexibility index (Phi) is 4.95. The quantitative estimate of drug-likeness (QED) is 0.842. The number of hydrogen-bond donors (Lipinski definition) is 2. The van der Waals surface area contributed by atoms with Crippen LogP contribution in [0.25, 0.3) is 0 Å². The summed E-state index contributed by atoms with van der Waals surface area (Å²) in [7, 11) is 0. The number of carbonyl (C=O) groups is 1. The lowest BCUT2D eigenvalue weighted by molar-refractivity contribution is 0.182. The van der Waals surface area contributed by atoms with Crippen molar-refractivity contribution in [1.82, 2.24) is 4.90 Å². The third-order valence-electron chi connectivity index (χ3n) is 3.53. The Morgan fingerprint density at radius 2 is 2.15 bits per heavy atom. The molecule has 3 N–H and O–H groups in total. The molecule has 0 spiro atoms. The van der Waals surface area contributed by atoms with Crippen molar-refractivity contribution < 1.29 is 4.79 Å². The van der Waals surface area contributed by atoms with Gasteiger partial charge in [-0.1, -0.05) is 31.3 Å². The zero-order valence-corrected chi connectivity index (χ0v) is 12.6. The monoisotopic (exact) mass is 291 g/mol. The molecular formula is C15H21N3OS. The maximum Gasteiger partial charge on any atom is 0.321 e. The molecule has 1 aromatic carbocycles. The number of likely N-dealkylation sites (tertiary alicyclic amines) is 1. The molecule has 1 aliphatic heterocycles. The largest absolute Gasteiger partial charge is 0.393 e. The average molecular weight is 291 g/mol. The van der Waals surface area contributed by atoms with E-state index in [1.54, 1.807) is 0 Å². The van der Waals surface area contributed by atoms with Gasteiger partial charge in [-0.25, -0.2) is 4.79 Å². The standard InChI is InChI=1S/C15H21N3OS/c1-11-3-2-8-18(10-11)15(19)17-13-6-4-12(5-7-13)9-14(16)20/h4-7,11H,2-3,8-10H2,1H3,(H2,16,20)(H,17,19). The summed E-state index contributed by atoms with van der Waals surface area (Å²) in [4.78, 5) is 14.5. The number of carbonyl (C=O) groups excluding carboxylic acids is 1. The molecule has 0 saturated carbocycles. The van der Waals surface area contributed by atoms with E-state index in [2.05, 4.69) is 12.2 Å². The first kappa shape index (κ1) is 14.8. The summed E-state index contributed by atoms with van der Waals surface area (Å²) in [5.74, 6) is 0.586. The Labute approximate surface area is 125 Å². The fourth-order valence-corrected chi connectivity index (χ4v) is 2.65. The highest BCUT2D eigenvalue weighted by atomic mass is 32.1. The maximum atomic E-state index is 12.1. The Hall–Kier alpha value is -1.62. The first-order valence-electron chi connectivity index (χ1n) is 6.98. The molecule has 2 rings (SSSR count). The van der Waals surface area contributed by atoms with Gasteiger partial charge in [0.25, 0.3) is 0 Å². The van der Waals surface area contributed by atoms with Crippen LogP contribution in [0.5, 0.6) is 0 Å². The second-order valence-corrected chi connectivity index (χ2v) is 5.99. The minimum Gasteiger partial charge on any atom is -0.393 e. The molecule has 20 heavy (non-hydrogen) atoms. The molecule has 108 valence electrons. The molecule has 0 aliphatic carbocycles. The van der Waals surface area contributed by atoms with E-state index in [0.717, 1.165) is 30.8 Å². The van der Waals surface area contributed by atoms with Crippen molar-refractivity contribution in [2.24, 2.45) is 11.7 Å². The second-order valence-electron chi connectivity index (χ2n) is 5.46. The summed E-state index contributed by atoms with van der Waals surface area (Å²) < 4.78 is 0. The van der Waals surface area contributed by atoms with Crippen molar-refractivity contribution in [2.75, 3.05) is 18.4 Å². The molecule has 1 aromatic rings. The molecule has 1 saturated heterocycles. The van der Waals surface area contributed by atoms with Crippen LogP contribution in [0.15, 0.2) is 24.3 Å². The van der Waals surface area contributed by atoms with Crippen molar-refractivity contribution in [1.29, 1.82) is 0 Å². The summed E-state index contributed by atoms with van der Waals surface area (Å²) in [5.41, 5.74) is 7.37. The number of thiocarbonyl (C=S) groups is 1. The maximum absolute atomic E-state index is 12.1. The Morgan fingerprint density at radius 3 is 2.75 bits per heavy atom. The first-order valence-corrected chi connectivity index (χ1v) is 7.38. The van der Waals surface area contributed by atoms with Gasteiger partial charge in [0.1, 0.15) is 0 Å². The SMILES string of the molecule is CC1CCCN(C(=O)Nc2ccc(CC(N)=S)cc2)C1. The third kappa shape index (κ3) is 4.20.